The molecule has 108 valence electrons. The molecule has 3 rings (SSSR count). The highest BCUT2D eigenvalue weighted by Crippen LogP contribution is 2.16. The van der Waals surface area contributed by atoms with Crippen molar-refractivity contribution in [3.63, 3.8) is 0 Å². The topological polar surface area (TPSA) is 101 Å². The maximum atomic E-state index is 11.8. The van der Waals surface area contributed by atoms with Gasteiger partial charge in [0.15, 0.2) is 0 Å². The van der Waals surface area contributed by atoms with Crippen molar-refractivity contribution >= 4 is 17.2 Å². The van der Waals surface area contributed by atoms with Crippen molar-refractivity contribution in [2.45, 2.75) is 13.0 Å². The number of carbonyl (C=O) groups is 1. The molecule has 0 fully saturated rings. The van der Waals surface area contributed by atoms with E-state index in [-0.39, 0.29) is 12.5 Å². The summed E-state index contributed by atoms with van der Waals surface area (Å²) in [7, 11) is 0. The van der Waals surface area contributed by atoms with Crippen LogP contribution in [0.5, 0.6) is 0 Å². The summed E-state index contributed by atoms with van der Waals surface area (Å²) in [6.45, 7) is 0.591. The molecule has 9 heteroatoms. The third-order valence-electron chi connectivity index (χ3n) is 2.79. The first kappa shape index (κ1) is 13.4. The molecule has 8 nitrogen and oxygen atoms in total. The smallest absolute Gasteiger partial charge is 0.243 e. The van der Waals surface area contributed by atoms with Crippen molar-refractivity contribution in [3.8, 4) is 11.4 Å². The molecule has 0 aliphatic rings. The molecule has 3 aromatic rings. The molecule has 0 aromatic carbocycles. The Hall–Kier alpha value is -2.55. The fourth-order valence-corrected chi connectivity index (χ4v) is 2.39. The van der Waals surface area contributed by atoms with Crippen LogP contribution in [0.2, 0.25) is 0 Å². The summed E-state index contributed by atoms with van der Waals surface area (Å²) in [5, 5.41) is 18.7. The van der Waals surface area contributed by atoms with Crippen molar-refractivity contribution < 1.29 is 4.79 Å². The minimum absolute atomic E-state index is 0.0557. The summed E-state index contributed by atoms with van der Waals surface area (Å²) >= 11 is 1.56. The third-order valence-corrected chi connectivity index (χ3v) is 3.47. The fourth-order valence-electron chi connectivity index (χ4n) is 1.76. The maximum absolute atomic E-state index is 11.8. The highest BCUT2D eigenvalue weighted by molar-refractivity contribution is 7.08. The fraction of sp³-hybridized carbons (Fsp3) is 0.250. The Labute approximate surface area is 124 Å². The Bertz CT molecular complexity index is 689. The first-order chi connectivity index (χ1) is 10.3. The van der Waals surface area contributed by atoms with E-state index in [4.69, 9.17) is 0 Å². The lowest BCUT2D eigenvalue weighted by Gasteiger charge is -2.02. The normalized spacial score (nSPS) is 10.7. The van der Waals surface area contributed by atoms with Gasteiger partial charge in [0.05, 0.1) is 6.33 Å². The number of nitrogens with one attached hydrogen (secondary N) is 2. The van der Waals surface area contributed by atoms with Crippen LogP contribution in [0.25, 0.3) is 11.4 Å². The monoisotopic (exact) mass is 303 g/mol. The molecule has 2 N–H and O–H groups in total. The second-order valence-corrected chi connectivity index (χ2v) is 5.11. The lowest BCUT2D eigenvalue weighted by atomic mass is 10.3. The summed E-state index contributed by atoms with van der Waals surface area (Å²) in [6.07, 6.45) is 4.05. The molecular weight excluding hydrogens is 290 g/mol. The van der Waals surface area contributed by atoms with Crippen molar-refractivity contribution in [2.24, 2.45) is 0 Å². The van der Waals surface area contributed by atoms with E-state index in [0.29, 0.717) is 18.8 Å². The van der Waals surface area contributed by atoms with Gasteiger partial charge < -0.3 is 10.3 Å². The van der Waals surface area contributed by atoms with E-state index in [9.17, 15) is 4.79 Å². The van der Waals surface area contributed by atoms with Gasteiger partial charge in [-0.05, 0) is 16.7 Å². The Kier molecular flexibility index (Phi) is 4.01. The molecule has 0 saturated carbocycles. The van der Waals surface area contributed by atoms with E-state index in [0.717, 1.165) is 11.3 Å². The Balaban J connectivity index is 1.48. The van der Waals surface area contributed by atoms with Crippen LogP contribution in [0.1, 0.15) is 5.69 Å². The Morgan fingerprint density at radius 3 is 3.19 bits per heavy atom. The van der Waals surface area contributed by atoms with Gasteiger partial charge in [-0.2, -0.15) is 16.1 Å². The molecule has 0 spiro atoms. The summed E-state index contributed by atoms with van der Waals surface area (Å²) < 4.78 is 0. The van der Waals surface area contributed by atoms with Crippen molar-refractivity contribution in [1.29, 1.82) is 0 Å². The van der Waals surface area contributed by atoms with Crippen LogP contribution < -0.4 is 5.32 Å². The van der Waals surface area contributed by atoms with E-state index < -0.39 is 0 Å². The molecule has 0 saturated heterocycles. The van der Waals surface area contributed by atoms with Crippen molar-refractivity contribution in [2.75, 3.05) is 6.54 Å². The zero-order valence-corrected chi connectivity index (χ0v) is 11.9. The van der Waals surface area contributed by atoms with Gasteiger partial charge in [-0.15, -0.1) is 10.2 Å². The van der Waals surface area contributed by atoms with Gasteiger partial charge >= 0.3 is 0 Å². The lowest BCUT2D eigenvalue weighted by molar-refractivity contribution is -0.122. The van der Waals surface area contributed by atoms with Gasteiger partial charge in [0.1, 0.15) is 6.54 Å². The number of hydrogen-bond donors (Lipinski definition) is 2. The Morgan fingerprint density at radius 2 is 2.43 bits per heavy atom. The van der Waals surface area contributed by atoms with Gasteiger partial charge in [-0.25, -0.2) is 4.98 Å². The van der Waals surface area contributed by atoms with Gasteiger partial charge in [-0.3, -0.25) is 4.79 Å². The second-order valence-electron chi connectivity index (χ2n) is 4.33. The number of H-pyrrole nitrogens is 1. The van der Waals surface area contributed by atoms with Gasteiger partial charge in [-0.1, -0.05) is 0 Å². The molecule has 0 radical (unpaired) electrons. The number of nitrogens with zero attached hydrogens (tertiary/aromatic N) is 5. The average molecular weight is 303 g/mol. The molecule has 3 heterocycles. The first-order valence-corrected chi connectivity index (χ1v) is 7.30. The van der Waals surface area contributed by atoms with E-state index in [1.165, 1.54) is 4.80 Å². The van der Waals surface area contributed by atoms with E-state index in [1.54, 1.807) is 23.9 Å². The number of amides is 1. The van der Waals surface area contributed by atoms with E-state index in [2.05, 4.69) is 30.7 Å². The maximum Gasteiger partial charge on any atom is 0.243 e. The van der Waals surface area contributed by atoms with Crippen LogP contribution >= 0.6 is 11.3 Å². The molecule has 3 aromatic heterocycles. The average Bonchev–Trinajstić information content (AvgIpc) is 3.21. The van der Waals surface area contributed by atoms with Crippen LogP contribution in [0.15, 0.2) is 29.4 Å². The predicted octanol–water partition coefficient (Wildman–Crippen LogP) is 0.484. The Morgan fingerprint density at radius 1 is 1.48 bits per heavy atom. The summed E-state index contributed by atoms with van der Waals surface area (Å²) in [4.78, 5) is 20.0. The quantitative estimate of drug-likeness (QED) is 0.690. The number of rotatable bonds is 6. The van der Waals surface area contributed by atoms with E-state index in [1.807, 2.05) is 16.8 Å². The van der Waals surface area contributed by atoms with Crippen LogP contribution in [0.3, 0.4) is 0 Å². The number of aromatic amines is 1. The minimum atomic E-state index is -0.149. The molecule has 0 aliphatic heterocycles. The van der Waals surface area contributed by atoms with Gasteiger partial charge in [0.2, 0.25) is 11.7 Å². The van der Waals surface area contributed by atoms with Gasteiger partial charge in [0, 0.05) is 35.8 Å². The predicted molar refractivity (Wildman–Crippen MR) is 76.4 cm³/mol. The molecule has 1 amide bonds. The number of aromatic nitrogens is 6. The van der Waals surface area contributed by atoms with Crippen LogP contribution in [-0.2, 0) is 17.8 Å². The van der Waals surface area contributed by atoms with Crippen molar-refractivity contribution in [1.82, 2.24) is 35.5 Å². The summed E-state index contributed by atoms with van der Waals surface area (Å²) in [5.41, 5.74) is 1.89. The molecule has 0 atom stereocenters. The summed E-state index contributed by atoms with van der Waals surface area (Å²) in [6, 6.07) is 1.91. The van der Waals surface area contributed by atoms with Crippen LogP contribution in [0, 0.1) is 0 Å². The first-order valence-electron chi connectivity index (χ1n) is 6.35. The zero-order chi connectivity index (χ0) is 14.5. The zero-order valence-electron chi connectivity index (χ0n) is 11.1. The van der Waals surface area contributed by atoms with Crippen LogP contribution in [-0.4, -0.2) is 42.6 Å². The van der Waals surface area contributed by atoms with E-state index >= 15 is 0 Å². The number of hydrogen-bond acceptors (Lipinski definition) is 6. The number of tetrazole rings is 1. The van der Waals surface area contributed by atoms with Crippen LogP contribution in [0.4, 0.5) is 0 Å². The second kappa shape index (κ2) is 6.27. The number of thiophene rings is 1. The van der Waals surface area contributed by atoms with Crippen molar-refractivity contribution in [3.05, 3.63) is 35.0 Å². The highest BCUT2D eigenvalue weighted by Gasteiger charge is 2.09. The molecule has 0 aliphatic carbocycles. The minimum Gasteiger partial charge on any atom is -0.354 e. The molecular formula is C12H13N7OS. The summed E-state index contributed by atoms with van der Waals surface area (Å²) in [5.74, 6) is 0.380. The lowest BCUT2D eigenvalue weighted by Crippen LogP contribution is -2.30. The molecule has 0 bridgehead atoms. The number of imidazole rings is 1. The highest BCUT2D eigenvalue weighted by atomic mass is 32.1. The molecule has 21 heavy (non-hydrogen) atoms. The SMILES string of the molecule is O=C(Cn1nnc(-c2ccsc2)n1)NCCc1cnc[nH]1. The number of carbonyl (C=O) groups excluding carboxylic acids is 1. The molecule has 0 unspecified atom stereocenters. The standard InChI is InChI=1S/C12H13N7OS/c20-11(14-3-1-10-5-13-8-15-10)6-19-17-12(16-18-19)9-2-4-21-7-9/h2,4-5,7-8H,1,3,6H2,(H,13,15)(H,14,20). The third kappa shape index (κ3) is 3.51. The van der Waals surface area contributed by atoms with Gasteiger partial charge in [0.25, 0.3) is 0 Å². The largest absolute Gasteiger partial charge is 0.354 e.